The summed E-state index contributed by atoms with van der Waals surface area (Å²) in [4.78, 5) is 22.3. The maximum absolute atomic E-state index is 11.9. The summed E-state index contributed by atoms with van der Waals surface area (Å²) in [6, 6.07) is 10.9. The molecule has 0 saturated carbocycles. The molecule has 8 nitrogen and oxygen atoms in total. The third-order valence-electron chi connectivity index (χ3n) is 3.13. The number of amides is 1. The van der Waals surface area contributed by atoms with Crippen molar-refractivity contribution in [1.29, 1.82) is 0 Å². The lowest BCUT2D eigenvalue weighted by Crippen LogP contribution is -2.17. The molecular weight excluding hydrogens is 314 g/mol. The average Bonchev–Trinajstić information content (AvgIpc) is 2.61. The van der Waals surface area contributed by atoms with Gasteiger partial charge < -0.3 is 9.47 Å². The van der Waals surface area contributed by atoms with E-state index in [1.165, 1.54) is 32.6 Å². The molecule has 124 valence electrons. The van der Waals surface area contributed by atoms with Crippen LogP contribution in [0.25, 0.3) is 0 Å². The van der Waals surface area contributed by atoms with Crippen LogP contribution < -0.4 is 14.9 Å². The summed E-state index contributed by atoms with van der Waals surface area (Å²) < 4.78 is 9.93. The summed E-state index contributed by atoms with van der Waals surface area (Å²) in [5, 5.41) is 14.8. The Hall–Kier alpha value is -3.42. The summed E-state index contributed by atoms with van der Waals surface area (Å²) in [6.07, 6.45) is 1.31. The first-order chi connectivity index (χ1) is 11.5. The van der Waals surface area contributed by atoms with Gasteiger partial charge in [0.25, 0.3) is 5.91 Å². The molecule has 0 unspecified atom stereocenters. The van der Waals surface area contributed by atoms with E-state index in [9.17, 15) is 14.9 Å². The number of nitrogens with zero attached hydrogens (tertiary/aromatic N) is 2. The molecule has 0 bridgehead atoms. The summed E-state index contributed by atoms with van der Waals surface area (Å²) in [5.74, 6) is 0.386. The van der Waals surface area contributed by atoms with Crippen molar-refractivity contribution in [2.75, 3.05) is 14.2 Å². The Morgan fingerprint density at radius 2 is 1.88 bits per heavy atom. The van der Waals surface area contributed by atoms with Gasteiger partial charge in [-0.15, -0.1) is 0 Å². The van der Waals surface area contributed by atoms with Crippen molar-refractivity contribution in [2.45, 2.75) is 0 Å². The molecule has 0 saturated heterocycles. The molecule has 0 spiro atoms. The number of nitro groups is 1. The monoisotopic (exact) mass is 329 g/mol. The van der Waals surface area contributed by atoms with Gasteiger partial charge in [0.1, 0.15) is 5.75 Å². The standard InChI is InChI=1S/C16H15N3O5/c1-23-13-6-4-12(5-7-13)16(20)18-17-10-11-3-8-15(24-2)14(9-11)19(21)22/h3-10H,1-2H3,(H,18,20). The van der Waals surface area contributed by atoms with Crippen molar-refractivity contribution < 1.29 is 19.2 Å². The number of methoxy groups -OCH3 is 2. The fourth-order valence-electron chi connectivity index (χ4n) is 1.90. The number of ether oxygens (including phenoxy) is 2. The van der Waals surface area contributed by atoms with E-state index in [2.05, 4.69) is 10.5 Å². The van der Waals surface area contributed by atoms with Crippen LogP contribution in [0.4, 0.5) is 5.69 Å². The Balaban J connectivity index is 2.06. The summed E-state index contributed by atoms with van der Waals surface area (Å²) in [7, 11) is 2.89. The van der Waals surface area contributed by atoms with Crippen molar-refractivity contribution in [3.8, 4) is 11.5 Å². The first kappa shape index (κ1) is 16.9. The van der Waals surface area contributed by atoms with E-state index >= 15 is 0 Å². The number of benzene rings is 2. The second-order valence-corrected chi connectivity index (χ2v) is 4.62. The Morgan fingerprint density at radius 1 is 1.17 bits per heavy atom. The smallest absolute Gasteiger partial charge is 0.311 e. The fourth-order valence-corrected chi connectivity index (χ4v) is 1.90. The molecule has 0 aliphatic carbocycles. The minimum atomic E-state index is -0.549. The van der Waals surface area contributed by atoms with Crippen molar-refractivity contribution in [1.82, 2.24) is 5.43 Å². The van der Waals surface area contributed by atoms with Gasteiger partial charge >= 0.3 is 5.69 Å². The number of hydrogen-bond donors (Lipinski definition) is 1. The molecule has 1 N–H and O–H groups in total. The van der Waals surface area contributed by atoms with Crippen LogP contribution in [0.15, 0.2) is 47.6 Å². The first-order valence-corrected chi connectivity index (χ1v) is 6.85. The van der Waals surface area contributed by atoms with Gasteiger partial charge in [0.15, 0.2) is 5.75 Å². The number of hydrogen-bond acceptors (Lipinski definition) is 6. The zero-order chi connectivity index (χ0) is 17.5. The molecule has 1 amide bonds. The zero-order valence-electron chi connectivity index (χ0n) is 13.1. The normalized spacial score (nSPS) is 10.4. The van der Waals surface area contributed by atoms with E-state index in [1.807, 2.05) is 0 Å². The number of carbonyl (C=O) groups excluding carboxylic acids is 1. The third kappa shape index (κ3) is 4.07. The fraction of sp³-hybridized carbons (Fsp3) is 0.125. The molecule has 2 rings (SSSR count). The SMILES string of the molecule is COc1ccc(C(=O)NN=Cc2ccc(OC)c([N+](=O)[O-])c2)cc1. The van der Waals surface area contributed by atoms with Crippen molar-refractivity contribution in [3.63, 3.8) is 0 Å². The predicted octanol–water partition coefficient (Wildman–Crippen LogP) is 2.38. The third-order valence-corrected chi connectivity index (χ3v) is 3.13. The highest BCUT2D eigenvalue weighted by molar-refractivity contribution is 5.95. The Kier molecular flexibility index (Phi) is 5.45. The van der Waals surface area contributed by atoms with Crippen LogP contribution in [0.1, 0.15) is 15.9 Å². The van der Waals surface area contributed by atoms with Crippen LogP contribution in [0.3, 0.4) is 0 Å². The lowest BCUT2D eigenvalue weighted by atomic mass is 10.2. The predicted molar refractivity (Wildman–Crippen MR) is 87.7 cm³/mol. The number of hydrazone groups is 1. The molecule has 0 radical (unpaired) electrons. The molecule has 24 heavy (non-hydrogen) atoms. The number of carbonyl (C=O) groups is 1. The lowest BCUT2D eigenvalue weighted by Gasteiger charge is -2.03. The molecule has 2 aromatic rings. The second-order valence-electron chi connectivity index (χ2n) is 4.62. The molecule has 0 atom stereocenters. The lowest BCUT2D eigenvalue weighted by molar-refractivity contribution is -0.385. The highest BCUT2D eigenvalue weighted by Crippen LogP contribution is 2.26. The van der Waals surface area contributed by atoms with Crippen molar-refractivity contribution in [3.05, 3.63) is 63.7 Å². The maximum atomic E-state index is 11.9. The minimum absolute atomic E-state index is 0.152. The summed E-state index contributed by atoms with van der Waals surface area (Å²) in [6.45, 7) is 0. The second kappa shape index (κ2) is 7.73. The Labute approximate surface area is 137 Å². The van der Waals surface area contributed by atoms with Gasteiger partial charge in [-0.25, -0.2) is 5.43 Å². The quantitative estimate of drug-likeness (QED) is 0.498. The van der Waals surface area contributed by atoms with Gasteiger partial charge in [-0.3, -0.25) is 14.9 Å². The van der Waals surface area contributed by atoms with Gasteiger partial charge in [-0.05, 0) is 36.4 Å². The van der Waals surface area contributed by atoms with Crippen LogP contribution in [0, 0.1) is 10.1 Å². The summed E-state index contributed by atoms with van der Waals surface area (Å²) in [5.41, 5.74) is 3.04. The number of nitro benzene ring substituents is 1. The van der Waals surface area contributed by atoms with E-state index in [-0.39, 0.29) is 11.4 Å². The first-order valence-electron chi connectivity index (χ1n) is 6.85. The van der Waals surface area contributed by atoms with E-state index < -0.39 is 10.8 Å². The molecule has 8 heteroatoms. The minimum Gasteiger partial charge on any atom is -0.497 e. The van der Waals surface area contributed by atoms with Gasteiger partial charge in [-0.1, -0.05) is 0 Å². The van der Waals surface area contributed by atoms with Crippen LogP contribution in [-0.2, 0) is 0 Å². The molecule has 2 aromatic carbocycles. The molecule has 0 heterocycles. The van der Waals surface area contributed by atoms with Gasteiger partial charge in [0, 0.05) is 17.2 Å². The molecule has 0 aromatic heterocycles. The van der Waals surface area contributed by atoms with E-state index in [0.717, 1.165) is 0 Å². The zero-order valence-corrected chi connectivity index (χ0v) is 13.1. The van der Waals surface area contributed by atoms with Crippen LogP contribution in [-0.4, -0.2) is 31.3 Å². The van der Waals surface area contributed by atoms with Crippen LogP contribution >= 0.6 is 0 Å². The van der Waals surface area contributed by atoms with Gasteiger partial charge in [-0.2, -0.15) is 5.10 Å². The number of nitrogens with one attached hydrogen (secondary N) is 1. The molecule has 0 fully saturated rings. The van der Waals surface area contributed by atoms with Crippen molar-refractivity contribution in [2.24, 2.45) is 5.10 Å². The van der Waals surface area contributed by atoms with Crippen LogP contribution in [0.2, 0.25) is 0 Å². The number of rotatable bonds is 6. The van der Waals surface area contributed by atoms with Crippen LogP contribution in [0.5, 0.6) is 11.5 Å². The Bertz CT molecular complexity index is 772. The van der Waals surface area contributed by atoms with Gasteiger partial charge in [0.2, 0.25) is 0 Å². The summed E-state index contributed by atoms with van der Waals surface area (Å²) >= 11 is 0. The van der Waals surface area contributed by atoms with E-state index in [0.29, 0.717) is 16.9 Å². The molecule has 0 aliphatic heterocycles. The van der Waals surface area contributed by atoms with Crippen molar-refractivity contribution >= 4 is 17.8 Å². The molecule has 0 aliphatic rings. The maximum Gasteiger partial charge on any atom is 0.311 e. The largest absolute Gasteiger partial charge is 0.497 e. The van der Waals surface area contributed by atoms with E-state index in [4.69, 9.17) is 9.47 Å². The van der Waals surface area contributed by atoms with Gasteiger partial charge in [0.05, 0.1) is 25.4 Å². The molecular formula is C16H15N3O5. The highest BCUT2D eigenvalue weighted by Gasteiger charge is 2.14. The van der Waals surface area contributed by atoms with E-state index in [1.54, 1.807) is 30.3 Å². The highest BCUT2D eigenvalue weighted by atomic mass is 16.6. The average molecular weight is 329 g/mol. The topological polar surface area (TPSA) is 103 Å². The Morgan fingerprint density at radius 3 is 2.46 bits per heavy atom.